The summed E-state index contributed by atoms with van der Waals surface area (Å²) in [6.45, 7) is 6.60. The molecule has 1 heterocycles. The number of piperazine rings is 1. The first-order valence-electron chi connectivity index (χ1n) is 8.36. The van der Waals surface area contributed by atoms with Gasteiger partial charge in [-0.1, -0.05) is 19.3 Å². The minimum Gasteiger partial charge on any atom is -0.481 e. The van der Waals surface area contributed by atoms with Gasteiger partial charge in [-0.2, -0.15) is 0 Å². The molecule has 1 saturated carbocycles. The molecule has 0 unspecified atom stereocenters. The van der Waals surface area contributed by atoms with Crippen molar-refractivity contribution in [3.05, 3.63) is 0 Å². The van der Waals surface area contributed by atoms with Crippen LogP contribution in [0, 0.1) is 0 Å². The van der Waals surface area contributed by atoms with E-state index >= 15 is 0 Å². The van der Waals surface area contributed by atoms with Crippen molar-refractivity contribution in [3.63, 3.8) is 0 Å². The zero-order valence-electron chi connectivity index (χ0n) is 13.7. The van der Waals surface area contributed by atoms with Crippen LogP contribution in [0.2, 0.25) is 0 Å². The van der Waals surface area contributed by atoms with Gasteiger partial charge >= 0.3 is 5.97 Å². The quantitative estimate of drug-likeness (QED) is 0.802. The van der Waals surface area contributed by atoms with Gasteiger partial charge in [-0.05, 0) is 26.9 Å². The number of aliphatic carboxylic acids is 1. The lowest BCUT2D eigenvalue weighted by Crippen LogP contribution is -2.53. The van der Waals surface area contributed by atoms with Crippen molar-refractivity contribution in [3.8, 4) is 0 Å². The third-order valence-corrected chi connectivity index (χ3v) is 5.42. The normalized spacial score (nSPS) is 24.3. The molecule has 0 amide bonds. The maximum Gasteiger partial charge on any atom is 0.305 e. The smallest absolute Gasteiger partial charge is 0.305 e. The van der Waals surface area contributed by atoms with Gasteiger partial charge in [-0.25, -0.2) is 0 Å². The first kappa shape index (κ1) is 16.7. The highest BCUT2D eigenvalue weighted by atomic mass is 16.4. The van der Waals surface area contributed by atoms with Crippen LogP contribution in [0.25, 0.3) is 0 Å². The molecule has 0 atom stereocenters. The molecular formula is C16H31N3O2. The number of nitrogens with zero attached hydrogens (tertiary/aromatic N) is 3. The zero-order valence-corrected chi connectivity index (χ0v) is 13.7. The summed E-state index contributed by atoms with van der Waals surface area (Å²) in [6.07, 6.45) is 5.98. The largest absolute Gasteiger partial charge is 0.481 e. The lowest BCUT2D eigenvalue weighted by atomic mass is 9.78. The Morgan fingerprint density at radius 2 is 1.76 bits per heavy atom. The molecule has 122 valence electrons. The third kappa shape index (κ3) is 4.66. The summed E-state index contributed by atoms with van der Waals surface area (Å²) in [4.78, 5) is 18.5. The second-order valence-corrected chi connectivity index (χ2v) is 6.92. The molecule has 2 rings (SSSR count). The summed E-state index contributed by atoms with van der Waals surface area (Å²) >= 11 is 0. The van der Waals surface area contributed by atoms with E-state index in [2.05, 4.69) is 28.8 Å². The van der Waals surface area contributed by atoms with E-state index in [1.807, 2.05) is 0 Å². The Morgan fingerprint density at radius 3 is 2.33 bits per heavy atom. The summed E-state index contributed by atoms with van der Waals surface area (Å²) in [6, 6.07) is 0. The van der Waals surface area contributed by atoms with Gasteiger partial charge in [0.1, 0.15) is 0 Å². The van der Waals surface area contributed by atoms with Gasteiger partial charge in [0.25, 0.3) is 0 Å². The van der Waals surface area contributed by atoms with Crippen molar-refractivity contribution < 1.29 is 9.90 Å². The van der Waals surface area contributed by atoms with Crippen LogP contribution < -0.4 is 0 Å². The fourth-order valence-corrected chi connectivity index (χ4v) is 3.78. The van der Waals surface area contributed by atoms with Gasteiger partial charge in [0.15, 0.2) is 0 Å². The second kappa shape index (κ2) is 7.56. The van der Waals surface area contributed by atoms with E-state index in [-0.39, 0.29) is 5.54 Å². The van der Waals surface area contributed by atoms with Crippen molar-refractivity contribution in [2.45, 2.75) is 44.1 Å². The number of carbonyl (C=O) groups is 1. The van der Waals surface area contributed by atoms with E-state index in [1.54, 1.807) is 0 Å². The molecule has 5 heteroatoms. The number of carboxylic acids is 1. The highest BCUT2D eigenvalue weighted by Gasteiger charge is 2.38. The molecule has 5 nitrogen and oxygen atoms in total. The summed E-state index contributed by atoms with van der Waals surface area (Å²) in [7, 11) is 4.30. The van der Waals surface area contributed by atoms with E-state index in [0.29, 0.717) is 6.42 Å². The first-order valence-corrected chi connectivity index (χ1v) is 8.36. The number of hydrogen-bond acceptors (Lipinski definition) is 4. The first-order chi connectivity index (χ1) is 10.0. The van der Waals surface area contributed by atoms with Crippen LogP contribution >= 0.6 is 0 Å². The average molecular weight is 297 g/mol. The van der Waals surface area contributed by atoms with Crippen LogP contribution in [0.3, 0.4) is 0 Å². The molecule has 2 fully saturated rings. The van der Waals surface area contributed by atoms with Crippen LogP contribution in [-0.2, 0) is 4.79 Å². The van der Waals surface area contributed by atoms with Crippen LogP contribution in [0.15, 0.2) is 0 Å². The minimum atomic E-state index is -0.650. The number of likely N-dealkylation sites (N-methyl/N-ethyl adjacent to an activating group) is 2. The molecule has 0 spiro atoms. The summed E-state index contributed by atoms with van der Waals surface area (Å²) in [5.41, 5.74) is -0.101. The predicted molar refractivity (Wildman–Crippen MR) is 84.6 cm³/mol. The maximum atomic E-state index is 11.3. The molecule has 0 aromatic carbocycles. The topological polar surface area (TPSA) is 47.0 Å². The number of carboxylic acid groups (broad SMARTS) is 1. The Bertz CT molecular complexity index is 334. The van der Waals surface area contributed by atoms with Crippen molar-refractivity contribution in [2.75, 3.05) is 53.4 Å². The van der Waals surface area contributed by atoms with E-state index in [4.69, 9.17) is 0 Å². The molecule has 0 aromatic heterocycles. The van der Waals surface area contributed by atoms with Gasteiger partial charge in [0.05, 0.1) is 6.42 Å². The Balaban J connectivity index is 1.86. The number of rotatable bonds is 6. The summed E-state index contributed by atoms with van der Waals surface area (Å²) in [5, 5.41) is 9.28. The van der Waals surface area contributed by atoms with E-state index < -0.39 is 5.97 Å². The van der Waals surface area contributed by atoms with Crippen LogP contribution in [0.4, 0.5) is 0 Å². The van der Waals surface area contributed by atoms with Crippen LogP contribution in [0.1, 0.15) is 38.5 Å². The molecule has 1 N–H and O–H groups in total. The molecule has 21 heavy (non-hydrogen) atoms. The summed E-state index contributed by atoms with van der Waals surface area (Å²) in [5.74, 6) is -0.650. The molecule has 2 aliphatic rings. The minimum absolute atomic E-state index is 0.101. The Morgan fingerprint density at radius 1 is 1.14 bits per heavy atom. The predicted octanol–water partition coefficient (Wildman–Crippen LogP) is 1.34. The van der Waals surface area contributed by atoms with Crippen molar-refractivity contribution in [1.29, 1.82) is 0 Å². The van der Waals surface area contributed by atoms with Gasteiger partial charge < -0.3 is 10.0 Å². The maximum absolute atomic E-state index is 11.3. The molecule has 0 radical (unpaired) electrons. The lowest BCUT2D eigenvalue weighted by molar-refractivity contribution is -0.141. The Kier molecular flexibility index (Phi) is 6.02. The lowest BCUT2D eigenvalue weighted by Gasteiger charge is -2.45. The van der Waals surface area contributed by atoms with Crippen molar-refractivity contribution in [2.24, 2.45) is 0 Å². The van der Waals surface area contributed by atoms with Crippen molar-refractivity contribution in [1.82, 2.24) is 14.7 Å². The van der Waals surface area contributed by atoms with E-state index in [0.717, 1.165) is 52.1 Å². The highest BCUT2D eigenvalue weighted by Crippen LogP contribution is 2.35. The van der Waals surface area contributed by atoms with Crippen LogP contribution in [0.5, 0.6) is 0 Å². The van der Waals surface area contributed by atoms with Gasteiger partial charge in [0, 0.05) is 44.8 Å². The monoisotopic (exact) mass is 297 g/mol. The number of hydrogen-bond donors (Lipinski definition) is 1. The van der Waals surface area contributed by atoms with Gasteiger partial charge in [0.2, 0.25) is 0 Å². The van der Waals surface area contributed by atoms with Crippen molar-refractivity contribution >= 4 is 5.97 Å². The Hall–Kier alpha value is -0.650. The fraction of sp³-hybridized carbons (Fsp3) is 0.938. The highest BCUT2D eigenvalue weighted by molar-refractivity contribution is 5.68. The zero-order chi connectivity index (χ0) is 15.3. The molecule has 0 aromatic rings. The fourth-order valence-electron chi connectivity index (χ4n) is 3.78. The third-order valence-electron chi connectivity index (χ3n) is 5.42. The van der Waals surface area contributed by atoms with Crippen LogP contribution in [-0.4, -0.2) is 84.7 Å². The average Bonchev–Trinajstić information content (AvgIpc) is 2.46. The standard InChI is InChI=1S/C16H31N3O2/c1-17-8-11-19(12-9-17)13-10-18(2)16(14-15(20)21)6-4-3-5-7-16/h3-14H2,1-2H3,(H,20,21). The Labute approximate surface area is 128 Å². The molecule has 1 aliphatic heterocycles. The molecule has 1 saturated heterocycles. The van der Waals surface area contributed by atoms with E-state index in [9.17, 15) is 9.90 Å². The van der Waals surface area contributed by atoms with Gasteiger partial charge in [-0.15, -0.1) is 0 Å². The van der Waals surface area contributed by atoms with E-state index in [1.165, 1.54) is 19.3 Å². The SMILES string of the molecule is CN1CCN(CCN(C)C2(CC(=O)O)CCCCC2)CC1. The molecule has 0 bridgehead atoms. The molecular weight excluding hydrogens is 266 g/mol. The second-order valence-electron chi connectivity index (χ2n) is 6.92. The van der Waals surface area contributed by atoms with Gasteiger partial charge in [-0.3, -0.25) is 14.6 Å². The molecule has 1 aliphatic carbocycles. The summed E-state index contributed by atoms with van der Waals surface area (Å²) < 4.78 is 0.